The van der Waals surface area contributed by atoms with Crippen LogP contribution in [0.15, 0.2) is 59.4 Å². The molecule has 0 saturated carbocycles. The van der Waals surface area contributed by atoms with Gasteiger partial charge in [0.2, 0.25) is 0 Å². The van der Waals surface area contributed by atoms with Gasteiger partial charge in [-0.05, 0) is 61.2 Å². The van der Waals surface area contributed by atoms with Crippen LogP contribution < -0.4 is 5.56 Å². The molecule has 0 radical (unpaired) electrons. The fourth-order valence-electron chi connectivity index (χ4n) is 3.18. The molecule has 0 aliphatic rings. The number of carbonyl (C=O) groups excluding carboxylic acids is 1. The number of hydrogen-bond acceptors (Lipinski definition) is 3. The van der Waals surface area contributed by atoms with Crippen molar-refractivity contribution in [1.29, 1.82) is 0 Å². The summed E-state index contributed by atoms with van der Waals surface area (Å²) in [5, 5.41) is 1.28. The molecule has 3 rings (SSSR count). The molecule has 0 bridgehead atoms. The Labute approximate surface area is 156 Å². The molecular formula is C22H20FNO3. The average molecular weight is 365 g/mol. The summed E-state index contributed by atoms with van der Waals surface area (Å²) in [5.41, 5.74) is 1.90. The molecule has 1 aromatic heterocycles. The molecular weight excluding hydrogens is 345 g/mol. The number of esters is 1. The first-order valence-corrected chi connectivity index (χ1v) is 8.63. The van der Waals surface area contributed by atoms with Gasteiger partial charge in [0.1, 0.15) is 5.82 Å². The van der Waals surface area contributed by atoms with Gasteiger partial charge < -0.3 is 9.30 Å². The molecule has 5 heteroatoms. The van der Waals surface area contributed by atoms with Gasteiger partial charge in [0, 0.05) is 23.1 Å². The van der Waals surface area contributed by atoms with E-state index in [9.17, 15) is 14.0 Å². The summed E-state index contributed by atoms with van der Waals surface area (Å²) in [5.74, 6) is -0.851. The number of fused-ring (bicyclic) bond motifs is 1. The van der Waals surface area contributed by atoms with E-state index >= 15 is 0 Å². The lowest BCUT2D eigenvalue weighted by atomic mass is 9.97. The standard InChI is InChI=1S/C22H20FNO3/c1-14(2)24-21(15-8-10-16(23)11-9-15)18(12-13-20(25)27-3)17-6-4-5-7-19(17)22(24)26/h4-14H,1-3H3/b13-12+. The Balaban J connectivity index is 2.47. The topological polar surface area (TPSA) is 48.3 Å². The van der Waals surface area contributed by atoms with Crippen LogP contribution in [0.5, 0.6) is 0 Å². The Bertz CT molecular complexity index is 1080. The van der Waals surface area contributed by atoms with E-state index in [2.05, 4.69) is 0 Å². The molecule has 27 heavy (non-hydrogen) atoms. The summed E-state index contributed by atoms with van der Waals surface area (Å²) in [4.78, 5) is 24.8. The first-order chi connectivity index (χ1) is 12.9. The Hall–Kier alpha value is -3.21. The molecule has 3 aromatic rings. The molecule has 0 aliphatic heterocycles. The van der Waals surface area contributed by atoms with Crippen LogP contribution >= 0.6 is 0 Å². The summed E-state index contributed by atoms with van der Waals surface area (Å²) in [6.45, 7) is 3.83. The number of benzene rings is 2. The molecule has 0 aliphatic carbocycles. The third kappa shape index (κ3) is 3.53. The number of hydrogen-bond donors (Lipinski definition) is 0. The summed E-state index contributed by atoms with van der Waals surface area (Å²) in [6.07, 6.45) is 2.97. The van der Waals surface area contributed by atoms with E-state index in [0.717, 1.165) is 5.39 Å². The number of aromatic nitrogens is 1. The van der Waals surface area contributed by atoms with Crippen molar-refractivity contribution in [2.24, 2.45) is 0 Å². The minimum atomic E-state index is -0.494. The second-order valence-corrected chi connectivity index (χ2v) is 6.44. The number of ether oxygens (including phenoxy) is 1. The van der Waals surface area contributed by atoms with Crippen molar-refractivity contribution in [3.63, 3.8) is 0 Å². The molecule has 0 spiro atoms. The highest BCUT2D eigenvalue weighted by atomic mass is 19.1. The van der Waals surface area contributed by atoms with Gasteiger partial charge in [0.25, 0.3) is 5.56 Å². The maximum atomic E-state index is 13.5. The second kappa shape index (κ2) is 7.58. The van der Waals surface area contributed by atoms with E-state index in [4.69, 9.17) is 4.74 Å². The number of carbonyl (C=O) groups is 1. The fraction of sp³-hybridized carbons (Fsp3) is 0.182. The maximum Gasteiger partial charge on any atom is 0.330 e. The zero-order chi connectivity index (χ0) is 19.6. The SMILES string of the molecule is COC(=O)/C=C/c1c(-c2ccc(F)cc2)n(C(C)C)c(=O)c2ccccc12. The van der Waals surface area contributed by atoms with Crippen LogP contribution in [0.1, 0.15) is 25.5 Å². The zero-order valence-electron chi connectivity index (χ0n) is 15.4. The van der Waals surface area contributed by atoms with Crippen LogP contribution in [-0.2, 0) is 9.53 Å². The third-order valence-electron chi connectivity index (χ3n) is 4.38. The summed E-state index contributed by atoms with van der Waals surface area (Å²) in [6, 6.07) is 13.1. The van der Waals surface area contributed by atoms with Crippen molar-refractivity contribution in [1.82, 2.24) is 4.57 Å². The lowest BCUT2D eigenvalue weighted by molar-refractivity contribution is -0.134. The number of halogens is 1. The maximum absolute atomic E-state index is 13.5. The molecule has 0 atom stereocenters. The number of rotatable bonds is 4. The van der Waals surface area contributed by atoms with Gasteiger partial charge in [-0.3, -0.25) is 4.79 Å². The highest BCUT2D eigenvalue weighted by Gasteiger charge is 2.18. The van der Waals surface area contributed by atoms with Crippen LogP contribution in [-0.4, -0.2) is 17.6 Å². The van der Waals surface area contributed by atoms with Gasteiger partial charge >= 0.3 is 5.97 Å². The fourth-order valence-corrected chi connectivity index (χ4v) is 3.18. The van der Waals surface area contributed by atoms with Gasteiger partial charge in [-0.2, -0.15) is 0 Å². The third-order valence-corrected chi connectivity index (χ3v) is 4.38. The summed E-state index contributed by atoms with van der Waals surface area (Å²) >= 11 is 0. The Morgan fingerprint density at radius 3 is 2.30 bits per heavy atom. The van der Waals surface area contributed by atoms with Gasteiger partial charge in [-0.25, -0.2) is 9.18 Å². The van der Waals surface area contributed by atoms with Crippen molar-refractivity contribution in [2.75, 3.05) is 7.11 Å². The van der Waals surface area contributed by atoms with Crippen LogP contribution in [0.25, 0.3) is 28.1 Å². The van der Waals surface area contributed by atoms with Crippen molar-refractivity contribution < 1.29 is 13.9 Å². The summed E-state index contributed by atoms with van der Waals surface area (Å²) in [7, 11) is 1.31. The molecule has 4 nitrogen and oxygen atoms in total. The van der Waals surface area contributed by atoms with Crippen LogP contribution in [0.3, 0.4) is 0 Å². The van der Waals surface area contributed by atoms with Crippen molar-refractivity contribution in [2.45, 2.75) is 19.9 Å². The molecule has 138 valence electrons. The highest BCUT2D eigenvalue weighted by Crippen LogP contribution is 2.31. The molecule has 0 fully saturated rings. The molecule has 0 saturated heterocycles. The van der Waals surface area contributed by atoms with Gasteiger partial charge in [-0.15, -0.1) is 0 Å². The van der Waals surface area contributed by atoms with E-state index in [-0.39, 0.29) is 17.4 Å². The first kappa shape index (κ1) is 18.6. The molecule has 0 N–H and O–H groups in total. The van der Waals surface area contributed by atoms with Crippen molar-refractivity contribution in [3.05, 3.63) is 76.3 Å². The predicted molar refractivity (Wildman–Crippen MR) is 105 cm³/mol. The predicted octanol–water partition coefficient (Wildman–Crippen LogP) is 4.57. The van der Waals surface area contributed by atoms with Gasteiger partial charge in [0.05, 0.1) is 12.8 Å². The molecule has 0 unspecified atom stereocenters. The Morgan fingerprint density at radius 2 is 1.70 bits per heavy atom. The highest BCUT2D eigenvalue weighted by molar-refractivity contribution is 5.98. The largest absolute Gasteiger partial charge is 0.466 e. The molecule has 0 amide bonds. The monoisotopic (exact) mass is 365 g/mol. The van der Waals surface area contributed by atoms with Gasteiger partial charge in [-0.1, -0.05) is 18.2 Å². The van der Waals surface area contributed by atoms with E-state index < -0.39 is 5.97 Å². The van der Waals surface area contributed by atoms with E-state index in [1.54, 1.807) is 34.9 Å². The second-order valence-electron chi connectivity index (χ2n) is 6.44. The number of methoxy groups -OCH3 is 1. The molecule has 1 heterocycles. The number of pyridine rings is 1. The van der Waals surface area contributed by atoms with Gasteiger partial charge in [0.15, 0.2) is 0 Å². The summed E-state index contributed by atoms with van der Waals surface area (Å²) < 4.78 is 19.8. The minimum Gasteiger partial charge on any atom is -0.466 e. The van der Waals surface area contributed by atoms with Crippen molar-refractivity contribution >= 4 is 22.8 Å². The normalized spacial score (nSPS) is 11.4. The van der Waals surface area contributed by atoms with E-state index in [1.165, 1.54) is 25.3 Å². The average Bonchev–Trinajstić information content (AvgIpc) is 2.67. The zero-order valence-corrected chi connectivity index (χ0v) is 15.4. The van der Waals surface area contributed by atoms with Crippen LogP contribution in [0.4, 0.5) is 4.39 Å². The van der Waals surface area contributed by atoms with E-state index in [0.29, 0.717) is 22.2 Å². The minimum absolute atomic E-state index is 0.129. The lowest BCUT2D eigenvalue weighted by Crippen LogP contribution is -2.25. The molecule has 2 aromatic carbocycles. The van der Waals surface area contributed by atoms with Crippen LogP contribution in [0.2, 0.25) is 0 Å². The van der Waals surface area contributed by atoms with Crippen molar-refractivity contribution in [3.8, 4) is 11.3 Å². The Morgan fingerprint density at radius 1 is 1.07 bits per heavy atom. The van der Waals surface area contributed by atoms with E-state index in [1.807, 2.05) is 26.0 Å². The first-order valence-electron chi connectivity index (χ1n) is 8.63. The number of nitrogens with zero attached hydrogens (tertiary/aromatic N) is 1. The Kier molecular flexibility index (Phi) is 5.21. The lowest BCUT2D eigenvalue weighted by Gasteiger charge is -2.21. The quantitative estimate of drug-likeness (QED) is 0.502. The van der Waals surface area contributed by atoms with Crippen LogP contribution in [0, 0.1) is 5.82 Å². The smallest absolute Gasteiger partial charge is 0.330 e.